The lowest BCUT2D eigenvalue weighted by molar-refractivity contribution is -0.134. The predicted molar refractivity (Wildman–Crippen MR) is 167 cm³/mol. The van der Waals surface area contributed by atoms with E-state index in [1.165, 1.54) is 35.6 Å². The molecule has 2 aliphatic rings. The van der Waals surface area contributed by atoms with Crippen LogP contribution in [-0.4, -0.2) is 52.7 Å². The average molecular weight is 635 g/mol. The molecule has 1 fully saturated rings. The van der Waals surface area contributed by atoms with Crippen molar-refractivity contribution in [1.82, 2.24) is 25.2 Å². The van der Waals surface area contributed by atoms with E-state index < -0.39 is 23.0 Å². The normalized spacial score (nSPS) is 16.8. The summed E-state index contributed by atoms with van der Waals surface area (Å²) in [7, 11) is 3.61. The van der Waals surface area contributed by atoms with Crippen LogP contribution in [0.2, 0.25) is 0 Å². The van der Waals surface area contributed by atoms with Crippen molar-refractivity contribution in [2.45, 2.75) is 31.8 Å². The molecule has 2 amide bonds. The minimum Gasteiger partial charge on any atom is -0.453 e. The maximum Gasteiger partial charge on any atom is 0.240 e. The van der Waals surface area contributed by atoms with Crippen molar-refractivity contribution < 1.29 is 27.8 Å². The first kappa shape index (κ1) is 30.6. The molecule has 1 atom stereocenters. The third kappa shape index (κ3) is 6.51. The number of amides is 2. The number of fused-ring (bicyclic) bond motifs is 1. The molecule has 4 aromatic rings. The van der Waals surface area contributed by atoms with Crippen molar-refractivity contribution in [1.29, 1.82) is 0 Å². The SMILES string of the molecule is COCCNCc1cnc(-c2cc3nccc(Oc4ccc(NC(=O)C5(C(=O)NC6C=CC(F)=CC6)CC5)cc4F)c3s2)n1C. The number of nitrogens with zero attached hydrogens (tertiary/aromatic N) is 3. The maximum absolute atomic E-state index is 15.2. The van der Waals surface area contributed by atoms with Gasteiger partial charge in [-0.15, -0.1) is 11.3 Å². The van der Waals surface area contributed by atoms with Crippen LogP contribution in [0.4, 0.5) is 14.5 Å². The summed E-state index contributed by atoms with van der Waals surface area (Å²) >= 11 is 1.44. The standard InChI is InChI=1S/C32H32F2N6O4S/c1-40-22(17-35-13-14-43-2)18-37-29(40)27-16-24-28(45-27)26(9-12-36-24)44-25-8-7-21(15-23(25)34)39-31(42)32(10-11-32)30(41)38-20-5-3-19(33)4-6-20/h3-5,7-9,12,15-16,18,20,35H,6,10-11,13-14,17H2,1-2H3,(H,38,41)(H,39,42). The van der Waals surface area contributed by atoms with Crippen molar-refractivity contribution in [3.05, 3.63) is 78.3 Å². The third-order valence-electron chi connectivity index (χ3n) is 7.87. The van der Waals surface area contributed by atoms with Gasteiger partial charge in [0.1, 0.15) is 22.8 Å². The van der Waals surface area contributed by atoms with Crippen LogP contribution < -0.4 is 20.7 Å². The molecule has 3 heterocycles. The van der Waals surface area contributed by atoms with Gasteiger partial charge >= 0.3 is 0 Å². The largest absolute Gasteiger partial charge is 0.453 e. The number of nitrogens with one attached hydrogen (secondary N) is 3. The Labute approximate surface area is 262 Å². The van der Waals surface area contributed by atoms with Crippen LogP contribution in [0.1, 0.15) is 25.0 Å². The van der Waals surface area contributed by atoms with Crippen molar-refractivity contribution in [3.8, 4) is 22.2 Å². The molecule has 1 unspecified atom stereocenters. The summed E-state index contributed by atoms with van der Waals surface area (Å²) < 4.78 is 42.3. The van der Waals surface area contributed by atoms with Crippen LogP contribution in [0.5, 0.6) is 11.5 Å². The number of anilines is 1. The highest BCUT2D eigenvalue weighted by molar-refractivity contribution is 7.22. The fourth-order valence-electron chi connectivity index (χ4n) is 5.05. The summed E-state index contributed by atoms with van der Waals surface area (Å²) in [5, 5.41) is 8.77. The molecular weight excluding hydrogens is 602 g/mol. The second kappa shape index (κ2) is 12.9. The third-order valence-corrected chi connectivity index (χ3v) is 9.00. The minimum absolute atomic E-state index is 0.0277. The first-order valence-electron chi connectivity index (χ1n) is 14.5. The van der Waals surface area contributed by atoms with E-state index in [1.54, 1.807) is 25.4 Å². The summed E-state index contributed by atoms with van der Waals surface area (Å²) in [5.41, 5.74) is 0.679. The van der Waals surface area contributed by atoms with Gasteiger partial charge in [0.2, 0.25) is 11.8 Å². The van der Waals surface area contributed by atoms with E-state index >= 15 is 4.39 Å². The van der Waals surface area contributed by atoms with E-state index in [4.69, 9.17) is 9.47 Å². The number of hydrogen-bond donors (Lipinski definition) is 3. The van der Waals surface area contributed by atoms with Gasteiger partial charge in [0.05, 0.1) is 39.6 Å². The van der Waals surface area contributed by atoms with Gasteiger partial charge in [0, 0.05) is 51.3 Å². The number of methoxy groups -OCH3 is 1. The topological polar surface area (TPSA) is 119 Å². The monoisotopic (exact) mass is 634 g/mol. The molecule has 0 saturated heterocycles. The summed E-state index contributed by atoms with van der Waals surface area (Å²) in [6, 6.07) is 7.33. The molecule has 13 heteroatoms. The van der Waals surface area contributed by atoms with E-state index in [0.717, 1.165) is 33.7 Å². The summed E-state index contributed by atoms with van der Waals surface area (Å²) in [6.45, 7) is 1.99. The molecule has 3 N–H and O–H groups in total. The second-order valence-electron chi connectivity index (χ2n) is 11.0. The number of thiophene rings is 1. The van der Waals surface area contributed by atoms with Crippen LogP contribution in [0.15, 0.2) is 66.8 Å². The minimum atomic E-state index is -1.23. The lowest BCUT2D eigenvalue weighted by Gasteiger charge is -2.20. The van der Waals surface area contributed by atoms with Gasteiger partial charge in [-0.2, -0.15) is 0 Å². The van der Waals surface area contributed by atoms with Crippen LogP contribution >= 0.6 is 11.3 Å². The Morgan fingerprint density at radius 2 is 1.98 bits per heavy atom. The number of hydrogen-bond acceptors (Lipinski definition) is 8. The van der Waals surface area contributed by atoms with E-state index in [1.807, 2.05) is 23.9 Å². The number of carbonyl (C=O) groups is 2. The Morgan fingerprint density at radius 1 is 1.13 bits per heavy atom. The van der Waals surface area contributed by atoms with Crippen LogP contribution in [0.3, 0.4) is 0 Å². The van der Waals surface area contributed by atoms with Gasteiger partial charge in [-0.05, 0) is 49.6 Å². The predicted octanol–water partition coefficient (Wildman–Crippen LogP) is 5.38. The smallest absolute Gasteiger partial charge is 0.240 e. The first-order valence-corrected chi connectivity index (χ1v) is 15.3. The number of rotatable bonds is 12. The van der Waals surface area contributed by atoms with E-state index in [9.17, 15) is 14.0 Å². The van der Waals surface area contributed by atoms with Gasteiger partial charge < -0.3 is 30.0 Å². The zero-order valence-corrected chi connectivity index (χ0v) is 25.5. The molecule has 2 aliphatic carbocycles. The van der Waals surface area contributed by atoms with Gasteiger partial charge in [0.15, 0.2) is 11.6 Å². The number of pyridine rings is 1. The molecule has 6 rings (SSSR count). The fourth-order valence-corrected chi connectivity index (χ4v) is 6.15. The Bertz CT molecular complexity index is 1810. The van der Waals surface area contributed by atoms with Crippen LogP contribution in [0.25, 0.3) is 20.9 Å². The molecule has 0 radical (unpaired) electrons. The number of benzene rings is 1. The zero-order chi connectivity index (χ0) is 31.6. The molecule has 234 valence electrons. The van der Waals surface area contributed by atoms with Crippen LogP contribution in [0, 0.1) is 11.2 Å². The number of aromatic nitrogens is 3. The van der Waals surface area contributed by atoms with Crippen LogP contribution in [-0.2, 0) is 27.9 Å². The Hall–Kier alpha value is -4.46. The molecule has 0 bridgehead atoms. The second-order valence-corrected chi connectivity index (χ2v) is 12.0. The molecule has 45 heavy (non-hydrogen) atoms. The Balaban J connectivity index is 1.13. The molecule has 3 aromatic heterocycles. The molecule has 0 spiro atoms. The van der Waals surface area contributed by atoms with Gasteiger partial charge in [-0.3, -0.25) is 14.6 Å². The summed E-state index contributed by atoms with van der Waals surface area (Å²) in [6.07, 6.45) is 8.71. The lowest BCUT2D eigenvalue weighted by atomic mass is 10.0. The molecule has 1 saturated carbocycles. The highest BCUT2D eigenvalue weighted by atomic mass is 32.1. The van der Waals surface area contributed by atoms with Crippen molar-refractivity contribution in [2.24, 2.45) is 12.5 Å². The number of carbonyl (C=O) groups excluding carboxylic acids is 2. The summed E-state index contributed by atoms with van der Waals surface area (Å²) in [4.78, 5) is 35.9. The number of halogens is 2. The van der Waals surface area contributed by atoms with Gasteiger partial charge in [-0.25, -0.2) is 13.8 Å². The molecule has 0 aliphatic heterocycles. The van der Waals surface area contributed by atoms with Crippen molar-refractivity contribution in [3.63, 3.8) is 0 Å². The van der Waals surface area contributed by atoms with E-state index in [-0.39, 0.29) is 23.3 Å². The first-order chi connectivity index (χ1) is 21.8. The van der Waals surface area contributed by atoms with Crippen molar-refractivity contribution >= 4 is 39.1 Å². The van der Waals surface area contributed by atoms with Crippen molar-refractivity contribution in [2.75, 3.05) is 25.6 Å². The number of imidazole rings is 1. The molecule has 10 nitrogen and oxygen atoms in total. The maximum atomic E-state index is 15.2. The fraction of sp³-hybridized carbons (Fsp3) is 0.312. The van der Waals surface area contributed by atoms with Gasteiger partial charge in [-0.1, -0.05) is 6.08 Å². The van der Waals surface area contributed by atoms with E-state index in [2.05, 4.69) is 25.9 Å². The number of allylic oxidation sites excluding steroid dienone is 2. The molecular formula is C32H32F2N6O4S. The lowest BCUT2D eigenvalue weighted by Crippen LogP contribution is -2.44. The van der Waals surface area contributed by atoms with Gasteiger partial charge in [0.25, 0.3) is 0 Å². The number of ether oxygens (including phenoxy) is 2. The summed E-state index contributed by atoms with van der Waals surface area (Å²) in [5.74, 6) is -0.796. The highest BCUT2D eigenvalue weighted by Gasteiger charge is 2.56. The Kier molecular flexibility index (Phi) is 8.74. The zero-order valence-electron chi connectivity index (χ0n) is 24.7. The highest BCUT2D eigenvalue weighted by Crippen LogP contribution is 2.47. The molecule has 1 aromatic carbocycles. The van der Waals surface area contributed by atoms with E-state index in [0.29, 0.717) is 43.7 Å². The quantitative estimate of drug-likeness (QED) is 0.141. The Morgan fingerprint density at radius 3 is 2.71 bits per heavy atom. The average Bonchev–Trinajstić information content (AvgIpc) is 3.61.